The van der Waals surface area contributed by atoms with Crippen LogP contribution in [-0.2, 0) is 14.8 Å². The molecule has 0 bridgehead atoms. The van der Waals surface area contributed by atoms with Gasteiger partial charge >= 0.3 is 0 Å². The maximum Gasteiger partial charge on any atom is 0.242 e. The summed E-state index contributed by atoms with van der Waals surface area (Å²) in [7, 11) is -0.431. The maximum atomic E-state index is 12.2. The third kappa shape index (κ3) is 3.66. The molecule has 3 N–H and O–H groups in total. The van der Waals surface area contributed by atoms with E-state index in [1.807, 2.05) is 0 Å². The van der Waals surface area contributed by atoms with Gasteiger partial charge in [0.05, 0.1) is 12.3 Å². The van der Waals surface area contributed by atoms with Crippen LogP contribution in [0, 0.1) is 5.92 Å². The van der Waals surface area contributed by atoms with E-state index < -0.39 is 10.0 Å². The van der Waals surface area contributed by atoms with E-state index in [0.717, 1.165) is 25.9 Å². The Labute approximate surface area is 126 Å². The van der Waals surface area contributed by atoms with Crippen molar-refractivity contribution in [3.8, 4) is 0 Å². The molecule has 21 heavy (non-hydrogen) atoms. The summed E-state index contributed by atoms with van der Waals surface area (Å²) in [4.78, 5) is 2.35. The summed E-state index contributed by atoms with van der Waals surface area (Å²) in [6.07, 6.45) is 2.13. The van der Waals surface area contributed by atoms with Crippen LogP contribution < -0.4 is 15.4 Å². The SMILES string of the molecule is CNS(=O)(=O)c1cc(N)ccc1N1CCCC(COC)C1. The zero-order valence-electron chi connectivity index (χ0n) is 12.5. The van der Waals surface area contributed by atoms with E-state index in [9.17, 15) is 8.42 Å². The molecule has 0 amide bonds. The number of sulfonamides is 1. The summed E-state index contributed by atoms with van der Waals surface area (Å²) in [6, 6.07) is 5.04. The summed E-state index contributed by atoms with van der Waals surface area (Å²) in [5, 5.41) is 0. The van der Waals surface area contributed by atoms with E-state index in [0.29, 0.717) is 23.9 Å². The predicted octanol–water partition coefficient (Wildman–Crippen LogP) is 1.04. The zero-order valence-corrected chi connectivity index (χ0v) is 13.3. The Morgan fingerprint density at radius 3 is 2.90 bits per heavy atom. The van der Waals surface area contributed by atoms with Crippen LogP contribution in [0.15, 0.2) is 23.1 Å². The molecule has 6 nitrogen and oxygen atoms in total. The van der Waals surface area contributed by atoms with Crippen LogP contribution in [0.2, 0.25) is 0 Å². The minimum Gasteiger partial charge on any atom is -0.399 e. The highest BCUT2D eigenvalue weighted by Crippen LogP contribution is 2.30. The van der Waals surface area contributed by atoms with Crippen LogP contribution in [0.5, 0.6) is 0 Å². The Kier molecular flexibility index (Phi) is 5.08. The van der Waals surface area contributed by atoms with Gasteiger partial charge in [0.1, 0.15) is 4.90 Å². The largest absolute Gasteiger partial charge is 0.399 e. The third-order valence-electron chi connectivity index (χ3n) is 3.80. The van der Waals surface area contributed by atoms with Gasteiger partial charge in [0, 0.05) is 25.9 Å². The second-order valence-corrected chi connectivity index (χ2v) is 7.20. The Hall–Kier alpha value is -1.31. The van der Waals surface area contributed by atoms with Crippen molar-refractivity contribution < 1.29 is 13.2 Å². The first-order valence-electron chi connectivity index (χ1n) is 7.05. The summed E-state index contributed by atoms with van der Waals surface area (Å²) < 4.78 is 32.0. The molecule has 1 saturated heterocycles. The topological polar surface area (TPSA) is 84.7 Å². The normalized spacial score (nSPS) is 19.7. The molecule has 0 aliphatic carbocycles. The Morgan fingerprint density at radius 2 is 2.24 bits per heavy atom. The molecule has 7 heteroatoms. The van der Waals surface area contributed by atoms with Crippen LogP contribution in [0.4, 0.5) is 11.4 Å². The number of methoxy groups -OCH3 is 1. The quantitative estimate of drug-likeness (QED) is 0.794. The number of rotatable bonds is 5. The van der Waals surface area contributed by atoms with E-state index in [-0.39, 0.29) is 4.90 Å². The summed E-state index contributed by atoms with van der Waals surface area (Å²) in [6.45, 7) is 2.33. The van der Waals surface area contributed by atoms with Crippen LogP contribution in [0.25, 0.3) is 0 Å². The average molecular weight is 313 g/mol. The van der Waals surface area contributed by atoms with Crippen molar-refractivity contribution >= 4 is 21.4 Å². The zero-order chi connectivity index (χ0) is 15.5. The molecule has 1 aliphatic heterocycles. The maximum absolute atomic E-state index is 12.2. The van der Waals surface area contributed by atoms with Gasteiger partial charge in [0.15, 0.2) is 0 Å². The highest BCUT2D eigenvalue weighted by atomic mass is 32.2. The lowest BCUT2D eigenvalue weighted by atomic mass is 9.98. The van der Waals surface area contributed by atoms with Crippen molar-refractivity contribution in [3.63, 3.8) is 0 Å². The second kappa shape index (κ2) is 6.64. The molecule has 0 saturated carbocycles. The molecule has 1 heterocycles. The number of nitrogens with zero attached hydrogens (tertiary/aromatic N) is 1. The van der Waals surface area contributed by atoms with Crippen molar-refractivity contribution in [2.24, 2.45) is 5.92 Å². The van der Waals surface area contributed by atoms with Crippen LogP contribution >= 0.6 is 0 Å². The molecule has 2 rings (SSSR count). The first-order chi connectivity index (χ1) is 9.97. The van der Waals surface area contributed by atoms with Gasteiger partial charge in [-0.05, 0) is 44.0 Å². The molecule has 1 atom stereocenters. The lowest BCUT2D eigenvalue weighted by molar-refractivity contribution is 0.143. The smallest absolute Gasteiger partial charge is 0.242 e. The van der Waals surface area contributed by atoms with E-state index >= 15 is 0 Å². The van der Waals surface area contributed by atoms with Gasteiger partial charge in [0.2, 0.25) is 10.0 Å². The van der Waals surface area contributed by atoms with Crippen LogP contribution in [0.3, 0.4) is 0 Å². The number of ether oxygens (including phenoxy) is 1. The van der Waals surface area contributed by atoms with Gasteiger partial charge in [-0.15, -0.1) is 0 Å². The number of hydrogen-bond acceptors (Lipinski definition) is 5. The number of nitrogens with one attached hydrogen (secondary N) is 1. The fourth-order valence-electron chi connectivity index (χ4n) is 2.77. The van der Waals surface area contributed by atoms with E-state index in [1.165, 1.54) is 13.1 Å². The predicted molar refractivity (Wildman–Crippen MR) is 83.9 cm³/mol. The van der Waals surface area contributed by atoms with E-state index in [4.69, 9.17) is 10.5 Å². The van der Waals surface area contributed by atoms with E-state index in [1.54, 1.807) is 19.2 Å². The highest BCUT2D eigenvalue weighted by Gasteiger charge is 2.25. The molecule has 0 radical (unpaired) electrons. The Morgan fingerprint density at radius 1 is 1.48 bits per heavy atom. The monoisotopic (exact) mass is 313 g/mol. The molecule has 118 valence electrons. The number of anilines is 2. The van der Waals surface area contributed by atoms with Crippen molar-refractivity contribution in [2.45, 2.75) is 17.7 Å². The molecule has 1 unspecified atom stereocenters. The lowest BCUT2D eigenvalue weighted by Gasteiger charge is -2.35. The third-order valence-corrected chi connectivity index (χ3v) is 5.25. The van der Waals surface area contributed by atoms with E-state index in [2.05, 4.69) is 9.62 Å². The van der Waals surface area contributed by atoms with Gasteiger partial charge in [-0.2, -0.15) is 0 Å². The first-order valence-corrected chi connectivity index (χ1v) is 8.53. The first kappa shape index (κ1) is 16.1. The number of nitrogens with two attached hydrogens (primary N) is 1. The Balaban J connectivity index is 2.35. The molecule has 0 spiro atoms. The standard InChI is InChI=1S/C14H23N3O3S/c1-16-21(18,19)14-8-12(15)5-6-13(14)17-7-3-4-11(9-17)10-20-2/h5-6,8,11,16H,3-4,7,9-10,15H2,1-2H3. The molecule has 1 aromatic rings. The van der Waals surface area contributed by atoms with Crippen LogP contribution in [0.1, 0.15) is 12.8 Å². The number of nitrogen functional groups attached to an aromatic ring is 1. The minimum atomic E-state index is -3.53. The summed E-state index contributed by atoms with van der Waals surface area (Å²) in [5.74, 6) is 0.423. The van der Waals surface area contributed by atoms with Crippen molar-refractivity contribution in [1.29, 1.82) is 0 Å². The Bertz CT molecular complexity index is 587. The molecular weight excluding hydrogens is 290 g/mol. The number of hydrogen-bond donors (Lipinski definition) is 2. The van der Waals surface area contributed by atoms with Gasteiger partial charge in [0.25, 0.3) is 0 Å². The summed E-state index contributed by atoms with van der Waals surface area (Å²) >= 11 is 0. The van der Waals surface area contributed by atoms with Crippen molar-refractivity contribution in [3.05, 3.63) is 18.2 Å². The fourth-order valence-corrected chi connectivity index (χ4v) is 3.76. The number of benzene rings is 1. The highest BCUT2D eigenvalue weighted by molar-refractivity contribution is 7.89. The van der Waals surface area contributed by atoms with Crippen molar-refractivity contribution in [2.75, 3.05) is 44.5 Å². The molecular formula is C14H23N3O3S. The molecule has 1 aromatic carbocycles. The van der Waals surface area contributed by atoms with Crippen molar-refractivity contribution in [1.82, 2.24) is 4.72 Å². The average Bonchev–Trinajstić information content (AvgIpc) is 2.48. The van der Waals surface area contributed by atoms with Gasteiger partial charge < -0.3 is 15.4 Å². The number of piperidine rings is 1. The fraction of sp³-hybridized carbons (Fsp3) is 0.571. The molecule has 0 aromatic heterocycles. The lowest BCUT2D eigenvalue weighted by Crippen LogP contribution is -2.38. The minimum absolute atomic E-state index is 0.239. The van der Waals surface area contributed by atoms with Gasteiger partial charge in [-0.3, -0.25) is 0 Å². The molecule has 1 aliphatic rings. The second-order valence-electron chi connectivity index (χ2n) is 5.34. The summed E-state index contributed by atoms with van der Waals surface area (Å²) in [5.41, 5.74) is 6.90. The van der Waals surface area contributed by atoms with Gasteiger partial charge in [-0.1, -0.05) is 0 Å². The van der Waals surface area contributed by atoms with Crippen LogP contribution in [-0.4, -0.2) is 42.3 Å². The van der Waals surface area contributed by atoms with Gasteiger partial charge in [-0.25, -0.2) is 13.1 Å². The molecule has 1 fully saturated rings.